The number of carbonyl (C=O) groups is 3. The van der Waals surface area contributed by atoms with Gasteiger partial charge in [0.15, 0.2) is 0 Å². The first kappa shape index (κ1) is 25.3. The van der Waals surface area contributed by atoms with Gasteiger partial charge in [-0.05, 0) is 0 Å². The van der Waals surface area contributed by atoms with Crippen molar-refractivity contribution >= 4 is 17.9 Å². The zero-order valence-electron chi connectivity index (χ0n) is 11.3. The fourth-order valence-corrected chi connectivity index (χ4v) is 0.235. The van der Waals surface area contributed by atoms with Gasteiger partial charge in [0, 0.05) is 19.9 Å². The summed E-state index contributed by atoms with van der Waals surface area (Å²) in [5.41, 5.74) is 0. The second-order valence-corrected chi connectivity index (χ2v) is 2.09. The molecule has 0 spiro atoms. The molecule has 0 unspecified atom stereocenters. The molecular formula is C13H20O6. The quantitative estimate of drug-likeness (QED) is 0.367. The van der Waals surface area contributed by atoms with Gasteiger partial charge in [0.25, 0.3) is 0 Å². The van der Waals surface area contributed by atoms with E-state index in [2.05, 4.69) is 42.4 Å². The fraction of sp³-hybridized carbons (Fsp3) is 0.154. The maximum atomic E-state index is 9.75. The van der Waals surface area contributed by atoms with Crippen LogP contribution in [0.25, 0.3) is 0 Å². The molecule has 0 aromatic heterocycles. The molecule has 0 aliphatic carbocycles. The molecule has 0 bridgehead atoms. The highest BCUT2D eigenvalue weighted by Gasteiger charge is 1.79. The van der Waals surface area contributed by atoms with E-state index < -0.39 is 5.97 Å². The smallest absolute Gasteiger partial charge is 0.327 e. The normalized spacial score (nSPS) is 6.21. The average molecular weight is 272 g/mol. The summed E-state index contributed by atoms with van der Waals surface area (Å²) >= 11 is 0. The van der Waals surface area contributed by atoms with Crippen molar-refractivity contribution < 1.29 is 29.0 Å². The van der Waals surface area contributed by atoms with Gasteiger partial charge in [0.05, 0.1) is 12.5 Å². The predicted molar refractivity (Wildman–Crippen MR) is 73.0 cm³/mol. The van der Waals surface area contributed by atoms with E-state index in [0.29, 0.717) is 0 Å². The topological polar surface area (TPSA) is 89.9 Å². The lowest BCUT2D eigenvalue weighted by Crippen LogP contribution is -1.87. The van der Waals surface area contributed by atoms with E-state index in [1.807, 2.05) is 0 Å². The molecule has 0 fully saturated rings. The Balaban J connectivity index is -0.0000000835. The van der Waals surface area contributed by atoms with Crippen LogP contribution in [-0.2, 0) is 23.9 Å². The Labute approximate surface area is 113 Å². The number of carbonyl (C=O) groups excluding carboxylic acids is 2. The molecule has 0 radical (unpaired) electrons. The van der Waals surface area contributed by atoms with Crippen LogP contribution in [0.4, 0.5) is 0 Å². The summed E-state index contributed by atoms with van der Waals surface area (Å²) in [7, 11) is 0. The summed E-state index contributed by atoms with van der Waals surface area (Å²) in [5, 5.41) is 7.60. The van der Waals surface area contributed by atoms with E-state index in [4.69, 9.17) is 5.11 Å². The Morgan fingerprint density at radius 3 is 1.11 bits per heavy atom. The molecule has 0 heterocycles. The molecule has 0 aliphatic rings. The molecule has 0 aromatic carbocycles. The van der Waals surface area contributed by atoms with Crippen LogP contribution in [0.5, 0.6) is 0 Å². The van der Waals surface area contributed by atoms with Crippen molar-refractivity contribution in [1.29, 1.82) is 0 Å². The van der Waals surface area contributed by atoms with Crippen molar-refractivity contribution in [3.05, 3.63) is 51.5 Å². The van der Waals surface area contributed by atoms with Crippen molar-refractivity contribution in [1.82, 2.24) is 0 Å². The van der Waals surface area contributed by atoms with Gasteiger partial charge in [-0.3, -0.25) is 9.59 Å². The van der Waals surface area contributed by atoms with Gasteiger partial charge in [-0.15, -0.1) is 13.2 Å². The van der Waals surface area contributed by atoms with Crippen molar-refractivity contribution in [2.24, 2.45) is 0 Å². The second kappa shape index (κ2) is 24.6. The number of ether oxygens (including phenoxy) is 2. The summed E-state index contributed by atoms with van der Waals surface area (Å²) in [4.78, 5) is 28.8. The predicted octanol–water partition coefficient (Wildman–Crippen LogP) is 2.45. The maximum absolute atomic E-state index is 9.75. The fourth-order valence-electron chi connectivity index (χ4n) is 0.235. The lowest BCUT2D eigenvalue weighted by Gasteiger charge is -1.83. The lowest BCUT2D eigenvalue weighted by atomic mass is 10.7. The minimum atomic E-state index is -0.981. The Morgan fingerprint density at radius 2 is 1.11 bits per heavy atom. The maximum Gasteiger partial charge on any atom is 0.327 e. The van der Waals surface area contributed by atoms with Gasteiger partial charge in [-0.2, -0.15) is 0 Å². The monoisotopic (exact) mass is 272 g/mol. The molecule has 1 N–H and O–H groups in total. The third-order valence-electron chi connectivity index (χ3n) is 0.673. The highest BCUT2D eigenvalue weighted by atomic mass is 16.5. The van der Waals surface area contributed by atoms with E-state index >= 15 is 0 Å². The van der Waals surface area contributed by atoms with Crippen molar-refractivity contribution in [2.75, 3.05) is 0 Å². The molecule has 6 heteroatoms. The molecule has 0 aromatic rings. The van der Waals surface area contributed by atoms with E-state index in [1.54, 1.807) is 0 Å². The number of rotatable bonds is 3. The number of carboxylic acid groups (broad SMARTS) is 1. The van der Waals surface area contributed by atoms with Crippen molar-refractivity contribution in [3.63, 3.8) is 0 Å². The van der Waals surface area contributed by atoms with Gasteiger partial charge >= 0.3 is 17.9 Å². The minimum Gasteiger partial charge on any atom is -0.478 e. The van der Waals surface area contributed by atoms with Gasteiger partial charge in [-0.1, -0.05) is 19.7 Å². The number of aliphatic carboxylic acids is 1. The van der Waals surface area contributed by atoms with Gasteiger partial charge < -0.3 is 14.6 Å². The number of hydrogen-bond acceptors (Lipinski definition) is 5. The van der Waals surface area contributed by atoms with Crippen LogP contribution in [0.1, 0.15) is 13.8 Å². The largest absolute Gasteiger partial charge is 0.478 e. The highest BCUT2D eigenvalue weighted by Crippen LogP contribution is 1.70. The first-order valence-corrected chi connectivity index (χ1v) is 4.73. The SMILES string of the molecule is C=C.C=CC(=O)O.C=COC(C)=O.C=COC(C)=O. The van der Waals surface area contributed by atoms with Gasteiger partial charge in [-0.25, -0.2) is 4.79 Å². The van der Waals surface area contributed by atoms with Crippen LogP contribution in [0.15, 0.2) is 51.5 Å². The molecular weight excluding hydrogens is 252 g/mol. The van der Waals surface area contributed by atoms with Gasteiger partial charge in [0.2, 0.25) is 0 Å². The van der Waals surface area contributed by atoms with Crippen LogP contribution >= 0.6 is 0 Å². The minimum absolute atomic E-state index is 0.329. The van der Waals surface area contributed by atoms with Crippen LogP contribution in [0, 0.1) is 0 Å². The Bertz CT molecular complexity index is 274. The highest BCUT2D eigenvalue weighted by molar-refractivity contribution is 5.78. The molecule has 6 nitrogen and oxygen atoms in total. The van der Waals surface area contributed by atoms with Crippen LogP contribution in [-0.4, -0.2) is 23.0 Å². The summed E-state index contributed by atoms with van der Waals surface area (Å²) < 4.78 is 8.33. The summed E-state index contributed by atoms with van der Waals surface area (Å²) in [6, 6.07) is 0. The zero-order chi connectivity index (χ0) is 16.3. The van der Waals surface area contributed by atoms with Crippen molar-refractivity contribution in [2.45, 2.75) is 13.8 Å². The van der Waals surface area contributed by atoms with Crippen LogP contribution in [0.2, 0.25) is 0 Å². The Hall–Kier alpha value is -2.63. The zero-order valence-corrected chi connectivity index (χ0v) is 11.3. The molecule has 0 aliphatic heterocycles. The molecule has 0 amide bonds. The summed E-state index contributed by atoms with van der Waals surface area (Å²) in [6.07, 6.45) is 3.03. The van der Waals surface area contributed by atoms with Crippen LogP contribution < -0.4 is 0 Å². The van der Waals surface area contributed by atoms with E-state index in [1.165, 1.54) is 13.8 Å². The van der Waals surface area contributed by atoms with E-state index in [9.17, 15) is 14.4 Å². The molecule has 0 saturated carbocycles. The third kappa shape index (κ3) is 95.3. The first-order valence-electron chi connectivity index (χ1n) is 4.73. The summed E-state index contributed by atoms with van der Waals surface area (Å²) in [6.45, 7) is 17.9. The second-order valence-electron chi connectivity index (χ2n) is 2.09. The molecule has 0 atom stereocenters. The Kier molecular flexibility index (Phi) is 32.7. The standard InChI is InChI=1S/2C4H6O2.C3H4O2.C2H4/c2*1-3-6-4(2)5;1-2-3(4)5;1-2/h2*3H,1H2,2H3;2H,1H2,(H,4,5);1-2H2. The molecule has 0 saturated heterocycles. The first-order chi connectivity index (χ1) is 8.81. The molecule has 19 heavy (non-hydrogen) atoms. The lowest BCUT2D eigenvalue weighted by molar-refractivity contribution is -0.136. The van der Waals surface area contributed by atoms with E-state index in [0.717, 1.165) is 18.6 Å². The number of carboxylic acids is 1. The van der Waals surface area contributed by atoms with E-state index in [-0.39, 0.29) is 11.9 Å². The number of hydrogen-bond donors (Lipinski definition) is 1. The van der Waals surface area contributed by atoms with Crippen LogP contribution in [0.3, 0.4) is 0 Å². The number of esters is 2. The Morgan fingerprint density at radius 1 is 0.895 bits per heavy atom. The molecule has 108 valence electrons. The summed E-state index contributed by atoms with van der Waals surface area (Å²) in [5.74, 6) is -1.64. The third-order valence-corrected chi connectivity index (χ3v) is 0.673. The average Bonchev–Trinajstić information content (AvgIpc) is 2.32. The van der Waals surface area contributed by atoms with Crippen molar-refractivity contribution in [3.8, 4) is 0 Å². The molecule has 0 rings (SSSR count). The van der Waals surface area contributed by atoms with Gasteiger partial charge in [0.1, 0.15) is 0 Å².